The maximum atomic E-state index is 11.8. The fraction of sp³-hybridized carbons (Fsp3) is 0.342. The lowest BCUT2D eigenvalue weighted by Crippen LogP contribution is -2.30. The molecule has 21 rings (SSSR count). The molecule has 0 bridgehead atoms. The maximum absolute atomic E-state index is 11.8. The van der Waals surface area contributed by atoms with Gasteiger partial charge in [0.1, 0.15) is 83.0 Å². The first-order valence-corrected chi connectivity index (χ1v) is 49.4. The minimum atomic E-state index is -0.384. The number of hydrogen-bond donors (Lipinski definition) is 0. The van der Waals surface area contributed by atoms with E-state index in [2.05, 4.69) is 36.4 Å². The molecule has 0 saturated carbocycles. The summed E-state index contributed by atoms with van der Waals surface area (Å²) in [6, 6.07) is 41.5. The van der Waals surface area contributed by atoms with Crippen LogP contribution in [0.1, 0.15) is 162 Å². The minimum Gasteiger partial charge on any atom is -0.501 e. The number of ether oxygens (including phenoxy) is 24. The molecule has 7 aromatic rings. The van der Waals surface area contributed by atoms with Gasteiger partial charge in [-0.3, -0.25) is 0 Å². The number of hydrogen-bond acceptors (Lipinski definition) is 31. The number of rotatable bonds is 25. The van der Waals surface area contributed by atoms with Gasteiger partial charge in [-0.1, -0.05) is 123 Å². The first-order valence-electron chi connectivity index (χ1n) is 49.4. The molecule has 0 N–H and O–H groups in total. The predicted octanol–water partition coefficient (Wildman–Crippen LogP) is 20.3. The molecule has 12 heterocycles. The van der Waals surface area contributed by atoms with Gasteiger partial charge in [0.05, 0.1) is 101 Å². The van der Waals surface area contributed by atoms with Crippen LogP contribution in [0.25, 0.3) is 42.5 Å². The molecule has 31 nitrogen and oxygen atoms in total. The van der Waals surface area contributed by atoms with Crippen LogP contribution in [0.15, 0.2) is 252 Å². The minimum absolute atomic E-state index is 0.0112. The van der Waals surface area contributed by atoms with E-state index in [4.69, 9.17) is 114 Å². The van der Waals surface area contributed by atoms with E-state index in [1.165, 1.54) is 96.7 Å². The second-order valence-corrected chi connectivity index (χ2v) is 35.4. The Labute approximate surface area is 859 Å². The van der Waals surface area contributed by atoms with Gasteiger partial charge in [-0.25, -0.2) is 33.6 Å². The zero-order valence-corrected chi connectivity index (χ0v) is 84.6. The molecule has 0 radical (unpaired) electrons. The van der Waals surface area contributed by atoms with Crippen molar-refractivity contribution in [2.45, 2.75) is 169 Å². The molecule has 9 atom stereocenters. The number of carbonyl (C=O) groups is 7. The molecule has 14 aliphatic rings. The lowest BCUT2D eigenvalue weighted by Gasteiger charge is -2.27. The summed E-state index contributed by atoms with van der Waals surface area (Å²) in [6.07, 6.45) is 41.8. The van der Waals surface area contributed by atoms with Crippen molar-refractivity contribution in [3.63, 3.8) is 0 Å². The van der Waals surface area contributed by atoms with E-state index in [1.54, 1.807) is 35.2 Å². The van der Waals surface area contributed by atoms with Crippen molar-refractivity contribution in [3.8, 4) is 57.5 Å². The standard InChI is InChI=1S/C18H20O3.2C17H18O5.C17H18O3.3C16H16O5/c1-2-20-17-11-16(21-18(19)12-17)9-7-13-6-8-14-4-3-5-15(14)10-13;1-3-19-15-9-17(18)22-13(11(15)2)6-4-12-5-7-14-16(8-12)21-10-20-14;1-3-19-15-9-13(22-17(18)11(15)2)6-4-12-5-7-14-16(8-12)21-10-20-14;1-19-16-10-15(20-17(18)11-16)8-6-12-5-7-13-3-2-4-14(13)9-12;1-10-12(21-16(17)8-14(10)18-2)5-3-11-4-6-13-15(7-11)20-9-19-13;1-10-14(18-2)8-12(21-16(10)17)5-3-11-4-6-13-15(7-11)20-9-19-13;1-2-18-13-8-12(21-16(17)9-13)5-3-11-4-6-14-15(7-11)20-10-19-14/h6-10,12,16H,2-5,11H2,1H3;4-9,11,13H,3,10H2,1-2H3;4-8,13H,3,9-10H2,1-2H3;5-9,11,15H,2-4,10H2,1H3;3-8,10,12H,9H2,1-2H3;3-7,12H,8-9H2,1-2H3;3-7,9,12H,2,8,10H2,1H3/b9-7+;2*6-4+;8-6+;3*5-3+. The van der Waals surface area contributed by atoms with Gasteiger partial charge in [-0.2, -0.15) is 0 Å². The highest BCUT2D eigenvalue weighted by Gasteiger charge is 2.34. The molecule has 0 aromatic heterocycles. The highest BCUT2D eigenvalue weighted by atomic mass is 16.7. The molecule has 0 spiro atoms. The van der Waals surface area contributed by atoms with Crippen LogP contribution < -0.4 is 47.4 Å². The summed E-state index contributed by atoms with van der Waals surface area (Å²) >= 11 is 0. The van der Waals surface area contributed by atoms with Crippen LogP contribution in [0.2, 0.25) is 0 Å². The van der Waals surface area contributed by atoms with Crippen LogP contribution in [0, 0.1) is 11.8 Å². The smallest absolute Gasteiger partial charge is 0.337 e. The Morgan fingerprint density at radius 2 is 0.568 bits per heavy atom. The van der Waals surface area contributed by atoms with Crippen LogP contribution in [0.4, 0.5) is 0 Å². The van der Waals surface area contributed by atoms with Crippen molar-refractivity contribution >= 4 is 84.3 Å². The highest BCUT2D eigenvalue weighted by molar-refractivity contribution is 5.91. The van der Waals surface area contributed by atoms with Crippen molar-refractivity contribution < 1.29 is 147 Å². The molecular formula is C117H122O31. The van der Waals surface area contributed by atoms with E-state index in [9.17, 15) is 33.6 Å². The summed E-state index contributed by atoms with van der Waals surface area (Å²) in [5, 5.41) is 0. The second kappa shape index (κ2) is 52.0. The fourth-order valence-electron chi connectivity index (χ4n) is 17.4. The quantitative estimate of drug-likeness (QED) is 0.0379. The summed E-state index contributed by atoms with van der Waals surface area (Å²) in [7, 11) is 4.70. The molecule has 776 valence electrons. The van der Waals surface area contributed by atoms with Gasteiger partial charge in [-0.05, 0) is 244 Å². The monoisotopic (exact) mass is 2020 g/mol. The topological polar surface area (TPSA) is 341 Å². The molecule has 0 amide bonds. The van der Waals surface area contributed by atoms with Crippen LogP contribution in [0.3, 0.4) is 0 Å². The molecule has 0 fully saturated rings. The largest absolute Gasteiger partial charge is 0.501 e. The Balaban J connectivity index is 0.000000129. The number of esters is 7. The van der Waals surface area contributed by atoms with Gasteiger partial charge in [-0.15, -0.1) is 0 Å². The average Bonchev–Trinajstić information content (AvgIpc) is 0.783. The summed E-state index contributed by atoms with van der Waals surface area (Å²) < 4.78 is 128. The number of benzene rings is 7. The number of methoxy groups -OCH3 is 3. The van der Waals surface area contributed by atoms with Crippen LogP contribution in [0.5, 0.6) is 57.5 Å². The molecule has 12 aliphatic heterocycles. The SMILES string of the molecule is CCOC1=C(C)C(=O)OC(/C=C/c2ccc3c(c2)OCO3)C1.CCOC1=CC(=O)OC(/C=C/c2ccc3c(c2)CCC3)C1.CCOC1=CC(=O)OC(/C=C/c2ccc3c(c2)OCO3)C1.CCOC1=CC(=O)OC(/C=C/c2ccc3c(c2)OCO3)C1C.COC1=C(C)C(=O)OC(/C=C/c2ccc3c(c2)OCO3)C1.COC1=CC(=O)OC(/C=C/c2ccc3c(c2)CCC3)C1.COC1=CC(=O)OC(/C=C/c2ccc3c(c2)OCO3)C1C. The lowest BCUT2D eigenvalue weighted by atomic mass is 9.98. The number of carbonyl (C=O) groups excluding carboxylic acids is 7. The van der Waals surface area contributed by atoms with Gasteiger partial charge in [0.25, 0.3) is 0 Å². The summed E-state index contributed by atoms with van der Waals surface area (Å²) in [4.78, 5) is 81.0. The first kappa shape index (κ1) is 106. The van der Waals surface area contributed by atoms with Crippen LogP contribution in [-0.4, -0.2) is 166 Å². The van der Waals surface area contributed by atoms with E-state index >= 15 is 0 Å². The van der Waals surface area contributed by atoms with E-state index in [-0.39, 0.29) is 130 Å². The Morgan fingerprint density at radius 1 is 0.277 bits per heavy atom. The first-order chi connectivity index (χ1) is 71.9. The molecule has 0 saturated heterocycles. The molecular weight excluding hydrogens is 1900 g/mol. The van der Waals surface area contributed by atoms with E-state index in [1.807, 2.05) is 218 Å². The van der Waals surface area contributed by atoms with Gasteiger partial charge in [0.15, 0.2) is 57.5 Å². The van der Waals surface area contributed by atoms with Crippen molar-refractivity contribution in [1.82, 2.24) is 0 Å². The zero-order valence-electron chi connectivity index (χ0n) is 84.6. The van der Waals surface area contributed by atoms with Crippen molar-refractivity contribution in [2.24, 2.45) is 11.8 Å². The Kier molecular flexibility index (Phi) is 37.3. The number of aryl methyl sites for hydroxylation is 4. The van der Waals surface area contributed by atoms with Crippen molar-refractivity contribution in [3.05, 3.63) is 313 Å². The average molecular weight is 2020 g/mol. The predicted molar refractivity (Wildman–Crippen MR) is 547 cm³/mol. The summed E-state index contributed by atoms with van der Waals surface area (Å²) in [6.45, 7) is 18.4. The second-order valence-electron chi connectivity index (χ2n) is 35.4. The summed E-state index contributed by atoms with van der Waals surface area (Å²) in [5.41, 5.74) is 14.0. The van der Waals surface area contributed by atoms with Gasteiger partial charge < -0.3 is 114 Å². The summed E-state index contributed by atoms with van der Waals surface area (Å²) in [5.74, 6) is 9.61. The van der Waals surface area contributed by atoms with Crippen molar-refractivity contribution in [1.29, 1.82) is 0 Å². The third-order valence-electron chi connectivity index (χ3n) is 25.2. The Bertz CT molecular complexity index is 6350. The zero-order chi connectivity index (χ0) is 104. The Morgan fingerprint density at radius 3 is 0.919 bits per heavy atom. The lowest BCUT2D eigenvalue weighted by molar-refractivity contribution is -0.146. The Hall–Kier alpha value is -16.2. The fourth-order valence-corrected chi connectivity index (χ4v) is 17.4. The highest BCUT2D eigenvalue weighted by Crippen LogP contribution is 2.41. The molecule has 148 heavy (non-hydrogen) atoms. The van der Waals surface area contributed by atoms with Gasteiger partial charge in [0, 0.05) is 32.1 Å². The third kappa shape index (κ3) is 29.6. The van der Waals surface area contributed by atoms with E-state index in [0.29, 0.717) is 110 Å². The third-order valence-corrected chi connectivity index (χ3v) is 25.2. The molecule has 9 unspecified atom stereocenters. The number of cyclic esters (lactones) is 7. The van der Waals surface area contributed by atoms with E-state index < -0.39 is 0 Å². The van der Waals surface area contributed by atoms with Crippen molar-refractivity contribution in [2.75, 3.05) is 81.7 Å². The number of fused-ring (bicyclic) bond motifs is 7. The van der Waals surface area contributed by atoms with E-state index in [0.717, 1.165) is 90.9 Å². The molecule has 31 heteroatoms. The van der Waals surface area contributed by atoms with Gasteiger partial charge >= 0.3 is 41.8 Å². The van der Waals surface area contributed by atoms with Crippen LogP contribution >= 0.6 is 0 Å². The van der Waals surface area contributed by atoms with Gasteiger partial charge in [0.2, 0.25) is 34.0 Å². The normalized spacial score (nSPS) is 21.7. The molecule has 7 aromatic carbocycles. The maximum Gasteiger partial charge on any atom is 0.337 e. The van der Waals surface area contributed by atoms with Crippen LogP contribution in [-0.2, 0) is 126 Å². The molecule has 2 aliphatic carbocycles.